The van der Waals surface area contributed by atoms with Crippen LogP contribution in [0.3, 0.4) is 0 Å². The summed E-state index contributed by atoms with van der Waals surface area (Å²) in [6.07, 6.45) is 0.00796. The van der Waals surface area contributed by atoms with Crippen molar-refractivity contribution in [2.75, 3.05) is 14.2 Å². The van der Waals surface area contributed by atoms with E-state index in [2.05, 4.69) is 26.0 Å². The van der Waals surface area contributed by atoms with Crippen LogP contribution in [0.2, 0.25) is 0 Å². The zero-order chi connectivity index (χ0) is 11.8. The minimum absolute atomic E-state index is 0.00796. The Morgan fingerprint density at radius 1 is 1.06 bits per heavy atom. The lowest BCUT2D eigenvalue weighted by molar-refractivity contribution is -0.514. The Labute approximate surface area is 96.3 Å². The zero-order valence-electron chi connectivity index (χ0n) is 10.2. The van der Waals surface area contributed by atoms with E-state index in [-0.39, 0.29) is 11.5 Å². The van der Waals surface area contributed by atoms with E-state index in [1.807, 2.05) is 18.2 Å². The Morgan fingerprint density at radius 2 is 1.62 bits per heavy atom. The summed E-state index contributed by atoms with van der Waals surface area (Å²) in [6, 6.07) is 10.1. The molecular formula is C13H18O3. The van der Waals surface area contributed by atoms with Gasteiger partial charge in [0.2, 0.25) is 0 Å². The van der Waals surface area contributed by atoms with Crippen molar-refractivity contribution in [3.8, 4) is 0 Å². The second-order valence-corrected chi connectivity index (χ2v) is 4.59. The van der Waals surface area contributed by atoms with Gasteiger partial charge in [0.15, 0.2) is 0 Å². The maximum absolute atomic E-state index is 5.78. The molecule has 0 aliphatic carbocycles. The molecule has 0 aromatic heterocycles. The molecule has 3 heteroatoms. The van der Waals surface area contributed by atoms with Gasteiger partial charge in [-0.1, -0.05) is 30.3 Å². The van der Waals surface area contributed by atoms with Crippen LogP contribution in [0.5, 0.6) is 0 Å². The van der Waals surface area contributed by atoms with Gasteiger partial charge in [0.25, 0.3) is 5.97 Å². The molecule has 1 heterocycles. The van der Waals surface area contributed by atoms with Crippen LogP contribution in [-0.2, 0) is 14.2 Å². The Hall–Kier alpha value is -0.900. The first kappa shape index (κ1) is 11.6. The average Bonchev–Trinajstić information content (AvgIpc) is 2.31. The van der Waals surface area contributed by atoms with Gasteiger partial charge in [-0.25, -0.2) is 0 Å². The van der Waals surface area contributed by atoms with Gasteiger partial charge < -0.3 is 14.2 Å². The van der Waals surface area contributed by atoms with Crippen molar-refractivity contribution in [3.63, 3.8) is 0 Å². The maximum atomic E-state index is 5.78. The molecule has 0 bridgehead atoms. The highest BCUT2D eigenvalue weighted by Crippen LogP contribution is 2.58. The Balaban J connectivity index is 2.25. The minimum Gasteiger partial charge on any atom is -0.330 e. The van der Waals surface area contributed by atoms with Crippen molar-refractivity contribution in [1.82, 2.24) is 0 Å². The number of benzene rings is 1. The van der Waals surface area contributed by atoms with Gasteiger partial charge >= 0.3 is 0 Å². The van der Waals surface area contributed by atoms with E-state index in [4.69, 9.17) is 14.2 Å². The van der Waals surface area contributed by atoms with E-state index in [1.54, 1.807) is 14.2 Å². The van der Waals surface area contributed by atoms with E-state index >= 15 is 0 Å². The monoisotopic (exact) mass is 222 g/mol. The molecule has 88 valence electrons. The van der Waals surface area contributed by atoms with Crippen LogP contribution in [0.4, 0.5) is 0 Å². The fraction of sp³-hybridized carbons (Fsp3) is 0.538. The summed E-state index contributed by atoms with van der Waals surface area (Å²) in [5, 5.41) is 0. The molecule has 16 heavy (non-hydrogen) atoms. The molecule has 0 spiro atoms. The second kappa shape index (κ2) is 3.84. The summed E-state index contributed by atoms with van der Waals surface area (Å²) in [6.45, 7) is 4.17. The number of ether oxygens (including phenoxy) is 3. The third-order valence-electron chi connectivity index (χ3n) is 3.36. The molecule has 1 saturated heterocycles. The lowest BCUT2D eigenvalue weighted by atomic mass is 9.74. The van der Waals surface area contributed by atoms with Crippen LogP contribution in [0.15, 0.2) is 30.3 Å². The summed E-state index contributed by atoms with van der Waals surface area (Å²) in [5.74, 6) is -0.923. The Bertz CT molecular complexity index is 355. The number of rotatable bonds is 3. The summed E-state index contributed by atoms with van der Waals surface area (Å²) < 4.78 is 16.5. The van der Waals surface area contributed by atoms with Crippen molar-refractivity contribution >= 4 is 0 Å². The predicted octanol–water partition coefficient (Wildman–Crippen LogP) is 2.73. The summed E-state index contributed by atoms with van der Waals surface area (Å²) >= 11 is 0. The largest absolute Gasteiger partial charge is 0.330 e. The van der Waals surface area contributed by atoms with E-state index < -0.39 is 5.97 Å². The fourth-order valence-corrected chi connectivity index (χ4v) is 2.38. The molecular weight excluding hydrogens is 204 g/mol. The number of hydrogen-bond acceptors (Lipinski definition) is 3. The predicted molar refractivity (Wildman–Crippen MR) is 60.8 cm³/mol. The lowest BCUT2D eigenvalue weighted by Crippen LogP contribution is -2.63. The van der Waals surface area contributed by atoms with Crippen LogP contribution in [-0.4, -0.2) is 20.2 Å². The van der Waals surface area contributed by atoms with Crippen LogP contribution in [0.25, 0.3) is 0 Å². The third-order valence-corrected chi connectivity index (χ3v) is 3.36. The van der Waals surface area contributed by atoms with Crippen LogP contribution >= 0.6 is 0 Å². The fourth-order valence-electron chi connectivity index (χ4n) is 2.38. The smallest absolute Gasteiger partial charge is 0.291 e. The second-order valence-electron chi connectivity index (χ2n) is 4.59. The summed E-state index contributed by atoms with van der Waals surface area (Å²) in [5.41, 5.74) is 0.940. The van der Waals surface area contributed by atoms with E-state index in [0.717, 1.165) is 5.56 Å². The standard InChI is InChI=1S/C13H18O3/c1-12(2)11(10-8-6-5-7-9-10)16-13(12,14-3)15-4/h5-9,11H,1-4H3. The lowest BCUT2D eigenvalue weighted by Gasteiger charge is -2.57. The van der Waals surface area contributed by atoms with Gasteiger partial charge in [-0.2, -0.15) is 0 Å². The Kier molecular flexibility index (Phi) is 2.78. The van der Waals surface area contributed by atoms with E-state index in [9.17, 15) is 0 Å². The van der Waals surface area contributed by atoms with Crippen LogP contribution < -0.4 is 0 Å². The topological polar surface area (TPSA) is 27.7 Å². The normalized spacial score (nSPS) is 26.1. The zero-order valence-corrected chi connectivity index (χ0v) is 10.2. The van der Waals surface area contributed by atoms with Gasteiger partial charge in [0.1, 0.15) is 6.10 Å². The molecule has 1 aliphatic rings. The van der Waals surface area contributed by atoms with Crippen molar-refractivity contribution < 1.29 is 14.2 Å². The molecule has 1 unspecified atom stereocenters. The van der Waals surface area contributed by atoms with Crippen molar-refractivity contribution in [3.05, 3.63) is 35.9 Å². The summed E-state index contributed by atoms with van der Waals surface area (Å²) in [4.78, 5) is 0. The SMILES string of the molecule is COC1(OC)OC(c2ccccc2)C1(C)C. The first-order valence-electron chi connectivity index (χ1n) is 5.40. The van der Waals surface area contributed by atoms with Crippen molar-refractivity contribution in [2.24, 2.45) is 5.41 Å². The van der Waals surface area contributed by atoms with Crippen molar-refractivity contribution in [2.45, 2.75) is 25.9 Å². The van der Waals surface area contributed by atoms with E-state index in [0.29, 0.717) is 0 Å². The quantitative estimate of drug-likeness (QED) is 0.736. The highest BCUT2D eigenvalue weighted by molar-refractivity contribution is 5.23. The molecule has 1 fully saturated rings. The van der Waals surface area contributed by atoms with Crippen LogP contribution in [0.1, 0.15) is 25.5 Å². The molecule has 1 aromatic carbocycles. The highest BCUT2D eigenvalue weighted by Gasteiger charge is 2.64. The molecule has 1 aliphatic heterocycles. The third kappa shape index (κ3) is 1.39. The number of hydrogen-bond donors (Lipinski definition) is 0. The molecule has 2 rings (SSSR count). The highest BCUT2D eigenvalue weighted by atomic mass is 16.9. The van der Waals surface area contributed by atoms with Crippen molar-refractivity contribution in [1.29, 1.82) is 0 Å². The van der Waals surface area contributed by atoms with Gasteiger partial charge in [-0.05, 0) is 19.4 Å². The molecule has 3 nitrogen and oxygen atoms in total. The maximum Gasteiger partial charge on any atom is 0.291 e. The average molecular weight is 222 g/mol. The summed E-state index contributed by atoms with van der Waals surface area (Å²) in [7, 11) is 3.21. The molecule has 0 N–H and O–H groups in total. The van der Waals surface area contributed by atoms with Gasteiger partial charge in [-0.3, -0.25) is 0 Å². The first-order valence-corrected chi connectivity index (χ1v) is 5.40. The molecule has 1 aromatic rings. The first-order chi connectivity index (χ1) is 7.57. The van der Waals surface area contributed by atoms with Gasteiger partial charge in [0, 0.05) is 14.2 Å². The Morgan fingerprint density at radius 3 is 2.06 bits per heavy atom. The molecule has 0 saturated carbocycles. The molecule has 1 atom stereocenters. The molecule has 0 radical (unpaired) electrons. The van der Waals surface area contributed by atoms with Crippen LogP contribution in [0, 0.1) is 5.41 Å². The van der Waals surface area contributed by atoms with E-state index in [1.165, 1.54) is 0 Å². The van der Waals surface area contributed by atoms with Gasteiger partial charge in [-0.15, -0.1) is 0 Å². The molecule has 0 amide bonds. The number of methoxy groups -OCH3 is 2. The minimum atomic E-state index is -0.923. The van der Waals surface area contributed by atoms with Gasteiger partial charge in [0.05, 0.1) is 5.41 Å².